The highest BCUT2D eigenvalue weighted by atomic mass is 19.1. The zero-order valence-electron chi connectivity index (χ0n) is 17.9. The van der Waals surface area contributed by atoms with Crippen LogP contribution in [0.2, 0.25) is 0 Å². The summed E-state index contributed by atoms with van der Waals surface area (Å²) in [5.41, 5.74) is 5.14. The summed E-state index contributed by atoms with van der Waals surface area (Å²) in [5.74, 6) is -3.76. The SMILES string of the molecule is CC(=O)OC[C@H]1O[C@@H](n2c(F)nc3c(OC(C)=O)nc(N)nc32)[C@H](OC(C)=O)[C@@H]1OC(C)=O. The third-order valence-corrected chi connectivity index (χ3v) is 4.32. The molecule has 0 saturated carbocycles. The van der Waals surface area contributed by atoms with Crippen LogP contribution in [0.3, 0.4) is 0 Å². The van der Waals surface area contributed by atoms with E-state index in [0.717, 1.165) is 32.3 Å². The molecule has 2 aromatic rings. The van der Waals surface area contributed by atoms with Crippen molar-refractivity contribution in [1.29, 1.82) is 0 Å². The molecular weight excluding hydrogens is 449 g/mol. The molecule has 0 spiro atoms. The van der Waals surface area contributed by atoms with Crippen molar-refractivity contribution in [3.8, 4) is 5.88 Å². The second-order valence-corrected chi connectivity index (χ2v) is 6.92. The lowest BCUT2D eigenvalue weighted by Crippen LogP contribution is -2.40. The summed E-state index contributed by atoms with van der Waals surface area (Å²) in [7, 11) is 0. The van der Waals surface area contributed by atoms with Crippen LogP contribution in [-0.4, -0.2) is 68.3 Å². The Kier molecular flexibility index (Phi) is 6.71. The molecular formula is C18H20FN5O9. The van der Waals surface area contributed by atoms with Gasteiger partial charge in [-0.15, -0.1) is 0 Å². The van der Waals surface area contributed by atoms with Crippen molar-refractivity contribution in [1.82, 2.24) is 19.5 Å². The molecule has 2 N–H and O–H groups in total. The lowest BCUT2D eigenvalue weighted by atomic mass is 10.1. The van der Waals surface area contributed by atoms with Crippen LogP contribution in [0.1, 0.15) is 33.9 Å². The number of imidazole rings is 1. The second kappa shape index (κ2) is 9.32. The van der Waals surface area contributed by atoms with Crippen LogP contribution < -0.4 is 10.5 Å². The van der Waals surface area contributed by atoms with Crippen molar-refractivity contribution < 1.29 is 47.3 Å². The van der Waals surface area contributed by atoms with Gasteiger partial charge in [-0.25, -0.2) is 0 Å². The van der Waals surface area contributed by atoms with Crippen molar-refractivity contribution in [2.45, 2.75) is 52.2 Å². The minimum Gasteiger partial charge on any atom is -0.463 e. The number of rotatable bonds is 6. The van der Waals surface area contributed by atoms with Crippen molar-refractivity contribution in [3.63, 3.8) is 0 Å². The lowest BCUT2D eigenvalue weighted by Gasteiger charge is -2.23. The Bertz CT molecular complexity index is 1120. The van der Waals surface area contributed by atoms with Crippen molar-refractivity contribution in [2.75, 3.05) is 12.3 Å². The number of esters is 4. The van der Waals surface area contributed by atoms with Crippen LogP contribution in [0.25, 0.3) is 11.2 Å². The zero-order valence-corrected chi connectivity index (χ0v) is 17.9. The van der Waals surface area contributed by atoms with Crippen molar-refractivity contribution >= 4 is 41.0 Å². The Hall–Kier alpha value is -3.88. The van der Waals surface area contributed by atoms with E-state index in [-0.39, 0.29) is 17.1 Å². The number of halogens is 1. The number of hydrogen-bond donors (Lipinski definition) is 1. The first kappa shape index (κ1) is 23.8. The first-order valence-electron chi connectivity index (χ1n) is 9.50. The van der Waals surface area contributed by atoms with E-state index in [0.29, 0.717) is 0 Å². The first-order chi connectivity index (χ1) is 15.5. The minimum absolute atomic E-state index is 0.256. The Morgan fingerprint density at radius 2 is 1.61 bits per heavy atom. The molecule has 14 nitrogen and oxygen atoms in total. The summed E-state index contributed by atoms with van der Waals surface area (Å²) in [5, 5.41) is 0. The molecule has 3 heterocycles. The minimum atomic E-state index is -1.48. The smallest absolute Gasteiger partial charge is 0.309 e. The molecule has 33 heavy (non-hydrogen) atoms. The maximum Gasteiger partial charge on any atom is 0.309 e. The summed E-state index contributed by atoms with van der Waals surface area (Å²) in [6.45, 7) is 4.04. The van der Waals surface area contributed by atoms with Crippen LogP contribution in [-0.2, 0) is 38.1 Å². The summed E-state index contributed by atoms with van der Waals surface area (Å²) in [4.78, 5) is 57.4. The molecule has 0 amide bonds. The maximum absolute atomic E-state index is 15.0. The molecule has 0 radical (unpaired) electrons. The number of fused-ring (bicyclic) bond motifs is 1. The van der Waals surface area contributed by atoms with Gasteiger partial charge in [-0.3, -0.25) is 23.7 Å². The summed E-state index contributed by atoms with van der Waals surface area (Å²) >= 11 is 0. The van der Waals surface area contributed by atoms with Crippen molar-refractivity contribution in [3.05, 3.63) is 6.08 Å². The number of nitrogens with zero attached hydrogens (tertiary/aromatic N) is 4. The van der Waals surface area contributed by atoms with Crippen LogP contribution in [0.15, 0.2) is 0 Å². The topological polar surface area (TPSA) is 184 Å². The van der Waals surface area contributed by atoms with Crippen LogP contribution in [0.4, 0.5) is 10.3 Å². The lowest BCUT2D eigenvalue weighted by molar-refractivity contribution is -0.166. The summed E-state index contributed by atoms with van der Waals surface area (Å²) in [6.07, 6.45) is -6.48. The predicted octanol–water partition coefficient (Wildman–Crippen LogP) is -0.203. The Morgan fingerprint density at radius 3 is 2.18 bits per heavy atom. The molecule has 0 aromatic carbocycles. The second-order valence-electron chi connectivity index (χ2n) is 6.92. The van der Waals surface area contributed by atoms with Crippen molar-refractivity contribution in [2.24, 2.45) is 0 Å². The fraction of sp³-hybridized carbons (Fsp3) is 0.500. The van der Waals surface area contributed by atoms with Gasteiger partial charge in [0.2, 0.25) is 5.95 Å². The molecule has 15 heteroatoms. The molecule has 178 valence electrons. The molecule has 1 fully saturated rings. The van der Waals surface area contributed by atoms with E-state index in [2.05, 4.69) is 15.0 Å². The molecule has 1 aliphatic rings. The van der Waals surface area contributed by atoms with E-state index in [1.165, 1.54) is 0 Å². The number of ether oxygens (including phenoxy) is 5. The van der Waals surface area contributed by atoms with Gasteiger partial charge in [0.05, 0.1) is 0 Å². The quantitative estimate of drug-likeness (QED) is 0.333. The highest BCUT2D eigenvalue weighted by molar-refractivity contribution is 5.81. The molecule has 4 atom stereocenters. The van der Waals surface area contributed by atoms with Gasteiger partial charge in [0.25, 0.3) is 12.0 Å². The molecule has 2 aromatic heterocycles. The third kappa shape index (κ3) is 5.14. The molecule has 0 bridgehead atoms. The van der Waals surface area contributed by atoms with Gasteiger partial charge < -0.3 is 29.4 Å². The van der Waals surface area contributed by atoms with Gasteiger partial charge in [0.1, 0.15) is 12.7 Å². The van der Waals surface area contributed by atoms with Crippen LogP contribution in [0, 0.1) is 6.08 Å². The van der Waals surface area contributed by atoms with Gasteiger partial charge in [-0.2, -0.15) is 19.3 Å². The average molecular weight is 469 g/mol. The summed E-state index contributed by atoms with van der Waals surface area (Å²) in [6, 6.07) is 0. The predicted molar refractivity (Wildman–Crippen MR) is 103 cm³/mol. The van der Waals surface area contributed by atoms with E-state index < -0.39 is 67.0 Å². The number of aromatic nitrogens is 4. The number of hydrogen-bond acceptors (Lipinski definition) is 13. The van der Waals surface area contributed by atoms with E-state index in [9.17, 15) is 19.2 Å². The van der Waals surface area contributed by atoms with E-state index in [1.54, 1.807) is 0 Å². The number of carbonyl (C=O) groups excluding carboxylic acids is 4. The van der Waals surface area contributed by atoms with Gasteiger partial charge in [-0.1, -0.05) is 0 Å². The standard InChI is InChI=1S/C18H20FN5O9/c1-6(25)29-5-10-12(30-7(2)26)13(31-8(3)27)16(33-10)24-14-11(21-17(24)19)15(32-9(4)28)23-18(20)22-14/h10,12-13,16H,5H2,1-4H3,(H2,20,22,23)/t10-,12-,13-,16-/m1/s1. The molecule has 0 unspecified atom stereocenters. The van der Waals surface area contributed by atoms with Crippen LogP contribution >= 0.6 is 0 Å². The molecule has 1 saturated heterocycles. The summed E-state index contributed by atoms with van der Waals surface area (Å²) < 4.78 is 42.0. The van der Waals surface area contributed by atoms with Gasteiger partial charge in [0, 0.05) is 27.7 Å². The maximum atomic E-state index is 15.0. The normalized spacial score (nSPS) is 22.1. The van der Waals surface area contributed by atoms with E-state index in [4.69, 9.17) is 29.4 Å². The highest BCUT2D eigenvalue weighted by Gasteiger charge is 2.52. The fourth-order valence-electron chi connectivity index (χ4n) is 3.27. The zero-order chi connectivity index (χ0) is 24.4. The van der Waals surface area contributed by atoms with Gasteiger partial charge in [0.15, 0.2) is 29.6 Å². The molecule has 0 aliphatic carbocycles. The van der Waals surface area contributed by atoms with Gasteiger partial charge in [-0.05, 0) is 0 Å². The van der Waals surface area contributed by atoms with Crippen LogP contribution in [0.5, 0.6) is 5.88 Å². The van der Waals surface area contributed by atoms with E-state index in [1.807, 2.05) is 0 Å². The molecule has 1 aliphatic heterocycles. The Balaban J connectivity index is 2.13. The monoisotopic (exact) mass is 469 g/mol. The number of nitrogen functional groups attached to an aromatic ring is 1. The number of nitrogens with two attached hydrogens (primary N) is 1. The highest BCUT2D eigenvalue weighted by Crippen LogP contribution is 2.37. The molecule has 3 rings (SSSR count). The average Bonchev–Trinajstić information content (AvgIpc) is 3.16. The fourth-order valence-corrected chi connectivity index (χ4v) is 3.27. The third-order valence-electron chi connectivity index (χ3n) is 4.32. The number of carbonyl (C=O) groups is 4. The first-order valence-corrected chi connectivity index (χ1v) is 9.50. The van der Waals surface area contributed by atoms with E-state index >= 15 is 4.39 Å². The number of anilines is 1. The Morgan fingerprint density at radius 1 is 0.970 bits per heavy atom. The largest absolute Gasteiger partial charge is 0.463 e. The van der Waals surface area contributed by atoms with Gasteiger partial charge >= 0.3 is 23.9 Å². The Labute approximate surface area is 185 Å².